The van der Waals surface area contributed by atoms with Crippen molar-refractivity contribution < 1.29 is 4.74 Å². The van der Waals surface area contributed by atoms with Crippen molar-refractivity contribution in [3.05, 3.63) is 47.3 Å². The molecule has 5 heteroatoms. The van der Waals surface area contributed by atoms with Crippen LogP contribution in [0.5, 0.6) is 5.75 Å². The van der Waals surface area contributed by atoms with E-state index in [1.54, 1.807) is 7.11 Å². The highest BCUT2D eigenvalue weighted by Gasteiger charge is 2.22. The van der Waals surface area contributed by atoms with E-state index in [0.717, 1.165) is 25.1 Å². The number of rotatable bonds is 6. The fraction of sp³-hybridized carbons (Fsp3) is 0.526. The average Bonchev–Trinajstić information content (AvgIpc) is 3.00. The Kier molecular flexibility index (Phi) is 5.21. The lowest BCUT2D eigenvalue weighted by atomic mass is 9.88. The van der Waals surface area contributed by atoms with Crippen LogP contribution in [-0.2, 0) is 19.9 Å². The second-order valence-electron chi connectivity index (χ2n) is 6.91. The molecule has 1 aromatic carbocycles. The molecule has 130 valence electrons. The number of fused-ring (bicyclic) bond motifs is 1. The zero-order chi connectivity index (χ0) is 17.1. The molecule has 1 N–H and O–H groups in total. The van der Waals surface area contributed by atoms with Crippen LogP contribution in [0.1, 0.15) is 29.2 Å². The summed E-state index contributed by atoms with van der Waals surface area (Å²) in [6, 6.07) is 7.32. The molecule has 0 aliphatic heterocycles. The summed E-state index contributed by atoms with van der Waals surface area (Å²) in [5.41, 5.74) is 4.14. The lowest BCUT2D eigenvalue weighted by molar-refractivity contribution is 0.274. The molecule has 0 fully saturated rings. The molecular formula is C19H28N4O. The largest absolute Gasteiger partial charge is 0.497 e. The highest BCUT2D eigenvalue weighted by Crippen LogP contribution is 2.26. The third kappa shape index (κ3) is 3.79. The molecule has 5 nitrogen and oxygen atoms in total. The Balaban J connectivity index is 1.63. The highest BCUT2D eigenvalue weighted by molar-refractivity contribution is 5.37. The first-order chi connectivity index (χ1) is 11.6. The number of ether oxygens (including phenoxy) is 1. The molecule has 3 rings (SSSR count). The van der Waals surface area contributed by atoms with Crippen LogP contribution in [0.4, 0.5) is 0 Å². The molecule has 0 radical (unpaired) electrons. The molecule has 0 spiro atoms. The molecule has 0 saturated carbocycles. The van der Waals surface area contributed by atoms with Crippen molar-refractivity contribution in [1.82, 2.24) is 20.0 Å². The number of benzene rings is 1. The Morgan fingerprint density at radius 2 is 2.21 bits per heavy atom. The smallest absolute Gasteiger partial charge is 0.119 e. The molecule has 0 saturated heterocycles. The third-order valence-corrected chi connectivity index (χ3v) is 4.97. The molecular weight excluding hydrogens is 300 g/mol. The van der Waals surface area contributed by atoms with Gasteiger partial charge in [-0.1, -0.05) is 6.07 Å². The zero-order valence-electron chi connectivity index (χ0n) is 15.1. The Morgan fingerprint density at radius 3 is 2.88 bits per heavy atom. The van der Waals surface area contributed by atoms with Crippen molar-refractivity contribution in [2.24, 2.45) is 7.05 Å². The Bertz CT molecular complexity index is 680. The monoisotopic (exact) mass is 328 g/mol. The molecule has 0 bridgehead atoms. The summed E-state index contributed by atoms with van der Waals surface area (Å²) in [4.78, 5) is 2.25. The van der Waals surface area contributed by atoms with E-state index in [0.29, 0.717) is 12.1 Å². The fourth-order valence-electron chi connectivity index (χ4n) is 3.52. The van der Waals surface area contributed by atoms with E-state index in [-0.39, 0.29) is 0 Å². The topological polar surface area (TPSA) is 42.3 Å². The maximum absolute atomic E-state index is 5.37. The molecule has 0 amide bonds. The second kappa shape index (κ2) is 7.36. The van der Waals surface area contributed by atoms with Gasteiger partial charge in [0.25, 0.3) is 0 Å². The predicted molar refractivity (Wildman–Crippen MR) is 96.4 cm³/mol. The van der Waals surface area contributed by atoms with Crippen LogP contribution in [-0.4, -0.2) is 48.5 Å². The zero-order valence-corrected chi connectivity index (χ0v) is 15.1. The van der Waals surface area contributed by atoms with Gasteiger partial charge < -0.3 is 15.0 Å². The van der Waals surface area contributed by atoms with Crippen molar-refractivity contribution in [1.29, 1.82) is 0 Å². The molecule has 1 aromatic heterocycles. The van der Waals surface area contributed by atoms with Crippen LogP contribution in [0.2, 0.25) is 0 Å². The lowest BCUT2D eigenvalue weighted by Crippen LogP contribution is -2.40. The van der Waals surface area contributed by atoms with E-state index in [1.807, 2.05) is 17.9 Å². The summed E-state index contributed by atoms with van der Waals surface area (Å²) >= 11 is 0. The number of hydrogen-bond donors (Lipinski definition) is 1. The van der Waals surface area contributed by atoms with Gasteiger partial charge in [0, 0.05) is 37.4 Å². The number of hydrogen-bond acceptors (Lipinski definition) is 4. The van der Waals surface area contributed by atoms with Crippen molar-refractivity contribution in [3.8, 4) is 5.75 Å². The molecule has 1 heterocycles. The lowest BCUT2D eigenvalue weighted by Gasteiger charge is -2.30. The SMILES string of the molecule is COc1ccc2c(c1)CC(NCC(c1cnn(C)c1)N(C)C)CC2. The van der Waals surface area contributed by atoms with E-state index in [1.165, 1.54) is 23.1 Å². The van der Waals surface area contributed by atoms with Crippen LogP contribution in [0, 0.1) is 0 Å². The summed E-state index contributed by atoms with van der Waals surface area (Å²) in [6.45, 7) is 0.933. The molecule has 24 heavy (non-hydrogen) atoms. The quantitative estimate of drug-likeness (QED) is 0.883. The number of methoxy groups -OCH3 is 1. The highest BCUT2D eigenvalue weighted by atomic mass is 16.5. The van der Waals surface area contributed by atoms with Crippen LogP contribution in [0.15, 0.2) is 30.6 Å². The number of aromatic nitrogens is 2. The van der Waals surface area contributed by atoms with Crippen molar-refractivity contribution >= 4 is 0 Å². The first-order valence-electron chi connectivity index (χ1n) is 8.61. The van der Waals surface area contributed by atoms with E-state index in [2.05, 4.69) is 53.8 Å². The van der Waals surface area contributed by atoms with Gasteiger partial charge in [-0.3, -0.25) is 4.68 Å². The van der Waals surface area contributed by atoms with E-state index < -0.39 is 0 Å². The van der Waals surface area contributed by atoms with Crippen LogP contribution in [0.25, 0.3) is 0 Å². The predicted octanol–water partition coefficient (Wildman–Crippen LogP) is 2.18. The maximum atomic E-state index is 5.37. The van der Waals surface area contributed by atoms with Gasteiger partial charge in [0.15, 0.2) is 0 Å². The minimum Gasteiger partial charge on any atom is -0.497 e. The summed E-state index contributed by atoms with van der Waals surface area (Å²) in [5, 5.41) is 8.08. The molecule has 2 aromatic rings. The summed E-state index contributed by atoms with van der Waals surface area (Å²) in [6.07, 6.45) is 7.46. The van der Waals surface area contributed by atoms with E-state index in [4.69, 9.17) is 4.74 Å². The number of aryl methyl sites for hydroxylation is 2. The Labute approximate surface area is 144 Å². The minimum atomic E-state index is 0.338. The Hall–Kier alpha value is -1.85. The standard InChI is InChI=1S/C19H28N4O/c1-22(2)19(16-11-21-23(3)13-16)12-20-17-7-5-14-6-8-18(24-4)10-15(14)9-17/h6,8,10-11,13,17,19-20H,5,7,9,12H2,1-4H3. The van der Waals surface area contributed by atoms with Crippen molar-refractivity contribution in [2.75, 3.05) is 27.7 Å². The summed E-state index contributed by atoms with van der Waals surface area (Å²) < 4.78 is 7.24. The van der Waals surface area contributed by atoms with Gasteiger partial charge in [0.2, 0.25) is 0 Å². The van der Waals surface area contributed by atoms with Gasteiger partial charge in [0.1, 0.15) is 5.75 Å². The van der Waals surface area contributed by atoms with Gasteiger partial charge in [-0.15, -0.1) is 0 Å². The van der Waals surface area contributed by atoms with Crippen LogP contribution in [0.3, 0.4) is 0 Å². The van der Waals surface area contributed by atoms with Crippen LogP contribution < -0.4 is 10.1 Å². The maximum Gasteiger partial charge on any atom is 0.119 e. The molecule has 2 unspecified atom stereocenters. The summed E-state index contributed by atoms with van der Waals surface area (Å²) in [5.74, 6) is 0.955. The molecule has 2 atom stereocenters. The summed E-state index contributed by atoms with van der Waals surface area (Å²) in [7, 11) is 7.95. The van der Waals surface area contributed by atoms with E-state index in [9.17, 15) is 0 Å². The number of likely N-dealkylation sites (N-methyl/N-ethyl adjacent to an activating group) is 1. The third-order valence-electron chi connectivity index (χ3n) is 4.97. The minimum absolute atomic E-state index is 0.338. The van der Waals surface area contributed by atoms with Crippen molar-refractivity contribution in [2.45, 2.75) is 31.3 Å². The van der Waals surface area contributed by atoms with Gasteiger partial charge >= 0.3 is 0 Å². The molecule has 1 aliphatic rings. The Morgan fingerprint density at radius 1 is 1.38 bits per heavy atom. The fourth-order valence-corrected chi connectivity index (χ4v) is 3.52. The average molecular weight is 328 g/mol. The first kappa shape index (κ1) is 17.0. The van der Waals surface area contributed by atoms with Crippen LogP contribution >= 0.6 is 0 Å². The second-order valence-corrected chi connectivity index (χ2v) is 6.91. The normalized spacial score (nSPS) is 18.5. The first-order valence-corrected chi connectivity index (χ1v) is 8.61. The number of nitrogens with zero attached hydrogens (tertiary/aromatic N) is 3. The van der Waals surface area contributed by atoms with Gasteiger partial charge in [-0.05, 0) is 56.6 Å². The number of nitrogens with one attached hydrogen (secondary N) is 1. The molecule has 1 aliphatic carbocycles. The van der Waals surface area contributed by atoms with Crippen molar-refractivity contribution in [3.63, 3.8) is 0 Å². The van der Waals surface area contributed by atoms with E-state index >= 15 is 0 Å². The van der Waals surface area contributed by atoms with Gasteiger partial charge in [-0.25, -0.2) is 0 Å². The van der Waals surface area contributed by atoms with Gasteiger partial charge in [0.05, 0.1) is 13.3 Å². The van der Waals surface area contributed by atoms with Gasteiger partial charge in [-0.2, -0.15) is 5.10 Å².